The average molecular weight is 462 g/mol. The molecule has 0 spiro atoms. The van der Waals surface area contributed by atoms with E-state index < -0.39 is 17.8 Å². The van der Waals surface area contributed by atoms with Crippen molar-refractivity contribution in [2.75, 3.05) is 6.61 Å². The Bertz CT molecular complexity index is 1590. The number of esters is 1. The highest BCUT2D eigenvalue weighted by Crippen LogP contribution is 2.30. The SMILES string of the molecule is CCOC(=O)C1=C(C)N=c2s/c(=C\c3c[nH]c4ccccc34)c(=O)n2[C@@H]1c1ccc(F)cc1. The van der Waals surface area contributed by atoms with Gasteiger partial charge < -0.3 is 9.72 Å². The molecule has 1 aliphatic rings. The number of ether oxygens (including phenoxy) is 1. The Kier molecular flexibility index (Phi) is 5.30. The average Bonchev–Trinajstić information content (AvgIpc) is 3.35. The van der Waals surface area contributed by atoms with Crippen molar-refractivity contribution >= 4 is 34.3 Å². The summed E-state index contributed by atoms with van der Waals surface area (Å²) in [4.78, 5) is 34.7. The first-order valence-corrected chi connectivity index (χ1v) is 11.3. The quantitative estimate of drug-likeness (QED) is 0.473. The molecular weight excluding hydrogens is 441 g/mol. The van der Waals surface area contributed by atoms with Crippen LogP contribution in [0.5, 0.6) is 0 Å². The molecule has 8 heteroatoms. The van der Waals surface area contributed by atoms with Crippen molar-refractivity contribution in [2.45, 2.75) is 19.9 Å². The summed E-state index contributed by atoms with van der Waals surface area (Å²) in [7, 11) is 0. The van der Waals surface area contributed by atoms with Gasteiger partial charge in [-0.05, 0) is 43.7 Å². The molecule has 5 rings (SSSR count). The third-order valence-electron chi connectivity index (χ3n) is 5.61. The molecule has 4 aromatic rings. The number of rotatable bonds is 4. The maximum atomic E-state index is 13.6. The van der Waals surface area contributed by atoms with Crippen molar-refractivity contribution in [1.82, 2.24) is 9.55 Å². The van der Waals surface area contributed by atoms with E-state index in [-0.39, 0.29) is 17.7 Å². The zero-order valence-electron chi connectivity index (χ0n) is 18.0. The van der Waals surface area contributed by atoms with Crippen LogP contribution in [0.1, 0.15) is 31.0 Å². The number of H-pyrrole nitrogens is 1. The third kappa shape index (κ3) is 3.62. The Labute approximate surface area is 192 Å². The minimum absolute atomic E-state index is 0.191. The van der Waals surface area contributed by atoms with Gasteiger partial charge in [-0.25, -0.2) is 14.2 Å². The molecule has 0 aliphatic carbocycles. The van der Waals surface area contributed by atoms with Crippen molar-refractivity contribution in [3.8, 4) is 0 Å². The monoisotopic (exact) mass is 461 g/mol. The molecular formula is C25H20FN3O3S. The van der Waals surface area contributed by atoms with E-state index in [0.717, 1.165) is 16.5 Å². The normalized spacial score (nSPS) is 16.1. The van der Waals surface area contributed by atoms with Crippen LogP contribution in [-0.2, 0) is 9.53 Å². The van der Waals surface area contributed by atoms with Gasteiger partial charge in [-0.15, -0.1) is 0 Å². The predicted molar refractivity (Wildman–Crippen MR) is 125 cm³/mol. The lowest BCUT2D eigenvalue weighted by Gasteiger charge is -2.24. The molecule has 33 heavy (non-hydrogen) atoms. The number of para-hydroxylation sites is 1. The summed E-state index contributed by atoms with van der Waals surface area (Å²) in [5.41, 5.74) is 2.94. The first kappa shape index (κ1) is 21.1. The molecule has 0 radical (unpaired) electrons. The van der Waals surface area contributed by atoms with Gasteiger partial charge in [0.2, 0.25) is 0 Å². The summed E-state index contributed by atoms with van der Waals surface area (Å²) < 4.78 is 20.9. The standard InChI is InChI=1S/C25H20FN3O3S/c1-3-32-24(31)21-14(2)28-25-29(22(21)15-8-10-17(26)11-9-15)23(30)20(33-25)12-16-13-27-19-7-5-4-6-18(16)19/h4-13,22,27H,3H2,1-2H3/b20-12-/t22-/m1/s1. The van der Waals surface area contributed by atoms with Gasteiger partial charge in [0.25, 0.3) is 5.56 Å². The van der Waals surface area contributed by atoms with Crippen LogP contribution in [0.2, 0.25) is 0 Å². The first-order chi connectivity index (χ1) is 16.0. The number of halogens is 1. The van der Waals surface area contributed by atoms with E-state index in [1.807, 2.05) is 36.5 Å². The van der Waals surface area contributed by atoms with Gasteiger partial charge in [0, 0.05) is 22.7 Å². The largest absolute Gasteiger partial charge is 0.463 e. The Morgan fingerprint density at radius 2 is 2.00 bits per heavy atom. The molecule has 3 heterocycles. The number of aromatic nitrogens is 2. The van der Waals surface area contributed by atoms with Crippen LogP contribution >= 0.6 is 11.3 Å². The van der Waals surface area contributed by atoms with Crippen molar-refractivity contribution in [3.63, 3.8) is 0 Å². The number of thiazole rings is 1. The summed E-state index contributed by atoms with van der Waals surface area (Å²) in [6.45, 7) is 3.63. The van der Waals surface area contributed by atoms with Crippen LogP contribution in [0.3, 0.4) is 0 Å². The molecule has 2 aromatic carbocycles. The zero-order chi connectivity index (χ0) is 23.1. The molecule has 0 amide bonds. The molecule has 166 valence electrons. The van der Waals surface area contributed by atoms with E-state index in [1.54, 1.807) is 26.0 Å². The van der Waals surface area contributed by atoms with Gasteiger partial charge in [0.1, 0.15) is 5.82 Å². The molecule has 0 unspecified atom stereocenters. The Morgan fingerprint density at radius 1 is 1.24 bits per heavy atom. The summed E-state index contributed by atoms with van der Waals surface area (Å²) >= 11 is 1.26. The fraction of sp³-hybridized carbons (Fsp3) is 0.160. The maximum absolute atomic E-state index is 13.6. The van der Waals surface area contributed by atoms with Gasteiger partial charge in [-0.3, -0.25) is 9.36 Å². The molecule has 0 bridgehead atoms. The van der Waals surface area contributed by atoms with Crippen molar-refractivity contribution in [1.29, 1.82) is 0 Å². The first-order valence-electron chi connectivity index (χ1n) is 10.5. The van der Waals surface area contributed by atoms with E-state index >= 15 is 0 Å². The molecule has 0 fully saturated rings. The molecule has 6 nitrogen and oxygen atoms in total. The lowest BCUT2D eigenvalue weighted by molar-refractivity contribution is -0.139. The topological polar surface area (TPSA) is 76.4 Å². The zero-order valence-corrected chi connectivity index (χ0v) is 18.8. The molecule has 0 saturated heterocycles. The number of hydrogen-bond donors (Lipinski definition) is 1. The van der Waals surface area contributed by atoms with Crippen molar-refractivity contribution in [2.24, 2.45) is 4.99 Å². The van der Waals surface area contributed by atoms with Gasteiger partial charge in [0.05, 0.1) is 28.5 Å². The minimum Gasteiger partial charge on any atom is -0.463 e. The second-order valence-corrected chi connectivity index (χ2v) is 8.65. The lowest BCUT2D eigenvalue weighted by Crippen LogP contribution is -2.39. The van der Waals surface area contributed by atoms with Crippen LogP contribution in [-0.4, -0.2) is 22.1 Å². The van der Waals surface area contributed by atoms with Crippen LogP contribution < -0.4 is 14.9 Å². The molecule has 1 atom stereocenters. The fourth-order valence-corrected chi connectivity index (χ4v) is 5.14. The minimum atomic E-state index is -0.758. The number of allylic oxidation sites excluding steroid dienone is 1. The predicted octanol–water partition coefficient (Wildman–Crippen LogP) is 3.42. The highest BCUT2D eigenvalue weighted by atomic mass is 32.1. The van der Waals surface area contributed by atoms with Gasteiger partial charge >= 0.3 is 5.97 Å². The second kappa shape index (κ2) is 8.29. The number of benzene rings is 2. The lowest BCUT2D eigenvalue weighted by atomic mass is 9.96. The highest BCUT2D eigenvalue weighted by molar-refractivity contribution is 7.07. The smallest absolute Gasteiger partial charge is 0.338 e. The van der Waals surface area contributed by atoms with Crippen LogP contribution in [0, 0.1) is 5.82 Å². The molecule has 1 aliphatic heterocycles. The molecule has 1 N–H and O–H groups in total. The Morgan fingerprint density at radius 3 is 2.76 bits per heavy atom. The number of aromatic amines is 1. The number of hydrogen-bond acceptors (Lipinski definition) is 5. The van der Waals surface area contributed by atoms with Gasteiger partial charge in [-0.1, -0.05) is 41.7 Å². The van der Waals surface area contributed by atoms with E-state index in [0.29, 0.717) is 20.6 Å². The summed E-state index contributed by atoms with van der Waals surface area (Å²) in [5, 5.41) is 1.00. The van der Waals surface area contributed by atoms with Crippen molar-refractivity contribution < 1.29 is 13.9 Å². The van der Waals surface area contributed by atoms with Crippen LogP contribution in [0.4, 0.5) is 4.39 Å². The summed E-state index contributed by atoms with van der Waals surface area (Å²) in [5.74, 6) is -0.942. The van der Waals surface area contributed by atoms with E-state index in [9.17, 15) is 14.0 Å². The van der Waals surface area contributed by atoms with Crippen molar-refractivity contribution in [3.05, 3.63) is 103 Å². The number of fused-ring (bicyclic) bond motifs is 2. The molecule has 2 aromatic heterocycles. The highest BCUT2D eigenvalue weighted by Gasteiger charge is 2.33. The Balaban J connectivity index is 1.74. The van der Waals surface area contributed by atoms with Gasteiger partial charge in [-0.2, -0.15) is 0 Å². The third-order valence-corrected chi connectivity index (χ3v) is 6.59. The summed E-state index contributed by atoms with van der Waals surface area (Å²) in [6, 6.07) is 12.9. The van der Waals surface area contributed by atoms with E-state index in [4.69, 9.17) is 4.74 Å². The summed E-state index contributed by atoms with van der Waals surface area (Å²) in [6.07, 6.45) is 3.68. The van der Waals surface area contributed by atoms with E-state index in [2.05, 4.69) is 9.98 Å². The van der Waals surface area contributed by atoms with Crippen LogP contribution in [0.25, 0.3) is 17.0 Å². The van der Waals surface area contributed by atoms with Gasteiger partial charge in [0.15, 0.2) is 4.80 Å². The van der Waals surface area contributed by atoms with E-state index in [1.165, 1.54) is 28.0 Å². The number of nitrogens with zero attached hydrogens (tertiary/aromatic N) is 2. The number of carbonyl (C=O) groups is 1. The molecule has 0 saturated carbocycles. The fourth-order valence-electron chi connectivity index (χ4n) is 4.11. The maximum Gasteiger partial charge on any atom is 0.338 e. The number of carbonyl (C=O) groups excluding carboxylic acids is 1. The Hall–Kier alpha value is -3.78. The number of nitrogens with one attached hydrogen (secondary N) is 1. The second-order valence-electron chi connectivity index (χ2n) is 7.64. The van der Waals surface area contributed by atoms with Crippen LogP contribution in [0.15, 0.2) is 75.8 Å².